The van der Waals surface area contributed by atoms with Crippen molar-refractivity contribution in [3.05, 3.63) is 64.7 Å². The number of carbonyl (C=O) groups is 3. The first-order chi connectivity index (χ1) is 19.8. The van der Waals surface area contributed by atoms with Crippen LogP contribution < -0.4 is 4.72 Å². The van der Waals surface area contributed by atoms with Crippen LogP contribution in [0.3, 0.4) is 0 Å². The number of fused-ring (bicyclic) bond motifs is 1. The van der Waals surface area contributed by atoms with Crippen molar-refractivity contribution in [3.8, 4) is 0 Å². The van der Waals surface area contributed by atoms with Gasteiger partial charge >= 0.3 is 12.1 Å². The molecule has 2 amide bonds. The van der Waals surface area contributed by atoms with E-state index < -0.39 is 28.1 Å². The molecule has 1 N–H and O–H groups in total. The zero-order valence-electron chi connectivity index (χ0n) is 25.0. The second-order valence-electron chi connectivity index (χ2n) is 12.0. The Kier molecular flexibility index (Phi) is 9.62. The summed E-state index contributed by atoms with van der Waals surface area (Å²) in [6.07, 6.45) is 2.74. The Morgan fingerprint density at radius 2 is 1.67 bits per heavy atom. The maximum Gasteiger partial charge on any atom is 0.410 e. The molecule has 4 rings (SSSR count). The fourth-order valence-electron chi connectivity index (χ4n) is 5.54. The Labute approximate surface area is 248 Å². The number of sulfonamides is 1. The number of hydrogen-bond donors (Lipinski definition) is 1. The maximum absolute atomic E-state index is 13.5. The van der Waals surface area contributed by atoms with Crippen molar-refractivity contribution in [1.82, 2.24) is 14.5 Å². The lowest BCUT2D eigenvalue weighted by Crippen LogP contribution is -2.50. The van der Waals surface area contributed by atoms with Gasteiger partial charge in [0.25, 0.3) is 5.91 Å². The van der Waals surface area contributed by atoms with E-state index in [1.54, 1.807) is 17.0 Å². The Balaban J connectivity index is 1.35. The number of likely N-dealkylation sites (tertiary alicyclic amines) is 1. The van der Waals surface area contributed by atoms with Gasteiger partial charge in [0.05, 0.1) is 12.0 Å². The van der Waals surface area contributed by atoms with Crippen LogP contribution in [0, 0.1) is 5.92 Å². The highest BCUT2D eigenvalue weighted by Crippen LogP contribution is 2.30. The van der Waals surface area contributed by atoms with Gasteiger partial charge in [0, 0.05) is 31.2 Å². The topological polar surface area (TPSA) is 122 Å². The number of ether oxygens (including phenoxy) is 2. The highest BCUT2D eigenvalue weighted by atomic mass is 32.2. The molecule has 1 atom stereocenters. The number of amides is 2. The molecule has 0 aromatic heterocycles. The van der Waals surface area contributed by atoms with Gasteiger partial charge in [0.2, 0.25) is 10.0 Å². The molecule has 1 saturated heterocycles. The first-order valence-electron chi connectivity index (χ1n) is 14.3. The summed E-state index contributed by atoms with van der Waals surface area (Å²) in [7, 11) is -2.63. The highest BCUT2D eigenvalue weighted by molar-refractivity contribution is 7.89. The number of nitrogens with one attached hydrogen (secondary N) is 1. The molecule has 2 heterocycles. The van der Waals surface area contributed by atoms with Crippen molar-refractivity contribution in [2.45, 2.75) is 69.9 Å². The van der Waals surface area contributed by atoms with E-state index in [9.17, 15) is 22.8 Å². The van der Waals surface area contributed by atoms with Gasteiger partial charge in [-0.1, -0.05) is 24.3 Å². The van der Waals surface area contributed by atoms with E-state index in [1.807, 2.05) is 37.8 Å². The third-order valence-electron chi connectivity index (χ3n) is 7.92. The summed E-state index contributed by atoms with van der Waals surface area (Å²) in [6.45, 7) is 9.18. The summed E-state index contributed by atoms with van der Waals surface area (Å²) in [6, 6.07) is 12.5. The van der Waals surface area contributed by atoms with Crippen molar-refractivity contribution in [2.24, 2.45) is 5.92 Å². The molecule has 0 saturated carbocycles. The minimum absolute atomic E-state index is 0.0406. The van der Waals surface area contributed by atoms with E-state index in [1.165, 1.54) is 19.2 Å². The second-order valence-corrected chi connectivity index (χ2v) is 13.8. The van der Waals surface area contributed by atoms with E-state index in [0.717, 1.165) is 41.5 Å². The Bertz CT molecular complexity index is 1410. The molecule has 2 aliphatic rings. The van der Waals surface area contributed by atoms with E-state index in [4.69, 9.17) is 4.74 Å². The van der Waals surface area contributed by atoms with E-state index in [0.29, 0.717) is 32.0 Å². The van der Waals surface area contributed by atoms with Crippen LogP contribution >= 0.6 is 0 Å². The van der Waals surface area contributed by atoms with Gasteiger partial charge in [-0.2, -0.15) is 4.72 Å². The van der Waals surface area contributed by atoms with Gasteiger partial charge < -0.3 is 19.3 Å². The van der Waals surface area contributed by atoms with E-state index in [-0.39, 0.29) is 22.9 Å². The zero-order valence-corrected chi connectivity index (χ0v) is 25.8. The normalized spacial score (nSPS) is 17.0. The average molecular weight is 600 g/mol. The van der Waals surface area contributed by atoms with Crippen molar-refractivity contribution < 1.29 is 32.3 Å². The average Bonchev–Trinajstić information content (AvgIpc) is 2.95. The summed E-state index contributed by atoms with van der Waals surface area (Å²) in [5, 5.41) is 0. The number of hydrogen-bond acceptors (Lipinski definition) is 7. The van der Waals surface area contributed by atoms with Crippen LogP contribution in [0.1, 0.15) is 67.6 Å². The Morgan fingerprint density at radius 3 is 2.29 bits per heavy atom. The molecule has 1 fully saturated rings. The number of esters is 1. The van der Waals surface area contributed by atoms with Crippen LogP contribution in [-0.2, 0) is 37.1 Å². The summed E-state index contributed by atoms with van der Waals surface area (Å²) >= 11 is 0. The van der Waals surface area contributed by atoms with Crippen molar-refractivity contribution >= 4 is 28.0 Å². The lowest BCUT2D eigenvalue weighted by Gasteiger charge is -2.41. The SMILES string of the molecule is COC(=O)CNS(=O)(=O)c1ccc(Cc2ccc3c(c2)CCN(C(C)C2CCN(C(=O)OC(C)(C)C)CC2)C3=O)cc1. The molecule has 11 heteroatoms. The molecule has 0 aliphatic carbocycles. The quantitative estimate of drug-likeness (QED) is 0.459. The van der Waals surface area contributed by atoms with E-state index >= 15 is 0 Å². The lowest BCUT2D eigenvalue weighted by atomic mass is 9.87. The molecular formula is C31H41N3O7S. The zero-order chi connectivity index (χ0) is 30.7. The molecule has 42 heavy (non-hydrogen) atoms. The van der Waals surface area contributed by atoms with Crippen molar-refractivity contribution in [1.29, 1.82) is 0 Å². The van der Waals surface area contributed by atoms with E-state index in [2.05, 4.69) is 22.4 Å². The Hall–Kier alpha value is -3.44. The minimum Gasteiger partial charge on any atom is -0.468 e. The second kappa shape index (κ2) is 12.8. The largest absolute Gasteiger partial charge is 0.468 e. The first-order valence-corrected chi connectivity index (χ1v) is 15.8. The van der Waals surface area contributed by atoms with Crippen molar-refractivity contribution in [2.75, 3.05) is 33.3 Å². The molecular weight excluding hydrogens is 558 g/mol. The highest BCUT2D eigenvalue weighted by Gasteiger charge is 2.35. The van der Waals surface area contributed by atoms with Crippen LogP contribution in [0.4, 0.5) is 4.79 Å². The smallest absolute Gasteiger partial charge is 0.410 e. The molecule has 0 bridgehead atoms. The molecule has 228 valence electrons. The predicted octanol–water partition coefficient (Wildman–Crippen LogP) is 3.76. The number of methoxy groups -OCH3 is 1. The molecule has 10 nitrogen and oxygen atoms in total. The molecule has 2 aromatic carbocycles. The minimum atomic E-state index is -3.82. The first kappa shape index (κ1) is 31.5. The number of rotatable bonds is 8. The molecule has 2 aromatic rings. The fourth-order valence-corrected chi connectivity index (χ4v) is 6.50. The summed E-state index contributed by atoms with van der Waals surface area (Å²) in [5.74, 6) is -0.311. The van der Waals surface area contributed by atoms with Gasteiger partial charge in [-0.15, -0.1) is 0 Å². The van der Waals surface area contributed by atoms with Gasteiger partial charge in [-0.3, -0.25) is 9.59 Å². The number of piperidine rings is 1. The van der Waals surface area contributed by atoms with Gasteiger partial charge in [-0.05, 0) is 94.2 Å². The summed E-state index contributed by atoms with van der Waals surface area (Å²) in [4.78, 5) is 41.0. The molecule has 2 aliphatic heterocycles. The van der Waals surface area contributed by atoms with Crippen LogP contribution in [0.15, 0.2) is 47.4 Å². The monoisotopic (exact) mass is 599 g/mol. The maximum atomic E-state index is 13.5. The number of benzene rings is 2. The van der Waals surface area contributed by atoms with Crippen LogP contribution in [0.2, 0.25) is 0 Å². The Morgan fingerprint density at radius 1 is 1.02 bits per heavy atom. The van der Waals surface area contributed by atoms with Gasteiger partial charge in [0.1, 0.15) is 12.1 Å². The van der Waals surface area contributed by atoms with Crippen LogP contribution in [-0.4, -0.2) is 81.1 Å². The third-order valence-corrected chi connectivity index (χ3v) is 9.34. The molecule has 0 radical (unpaired) electrons. The van der Waals surface area contributed by atoms with Gasteiger partial charge in [-0.25, -0.2) is 13.2 Å². The summed E-state index contributed by atoms with van der Waals surface area (Å²) < 4.78 is 37.0. The third kappa shape index (κ3) is 7.69. The predicted molar refractivity (Wildman–Crippen MR) is 158 cm³/mol. The van der Waals surface area contributed by atoms with Gasteiger partial charge in [0.15, 0.2) is 0 Å². The molecule has 1 unspecified atom stereocenters. The number of carbonyl (C=O) groups excluding carboxylic acids is 3. The van der Waals surface area contributed by atoms with Crippen molar-refractivity contribution in [3.63, 3.8) is 0 Å². The number of nitrogens with zero attached hydrogens (tertiary/aromatic N) is 2. The standard InChI is InChI=1S/C31H41N3O7S/c1-21(24-12-15-33(16-13-24)30(37)41-31(2,3)4)34-17-14-25-19-23(8-11-27(25)29(34)36)18-22-6-9-26(10-7-22)42(38,39)32-20-28(35)40-5/h6-11,19,21,24,32H,12-18,20H2,1-5H3. The molecule has 0 spiro atoms. The van der Waals surface area contributed by atoms with Crippen LogP contribution in [0.25, 0.3) is 0 Å². The lowest BCUT2D eigenvalue weighted by molar-refractivity contribution is -0.139. The van der Waals surface area contributed by atoms with Crippen LogP contribution in [0.5, 0.6) is 0 Å². The fraction of sp³-hybridized carbons (Fsp3) is 0.516. The summed E-state index contributed by atoms with van der Waals surface area (Å²) in [5.41, 5.74) is 3.19.